The van der Waals surface area contributed by atoms with E-state index in [1.54, 1.807) is 48.2 Å². The lowest BCUT2D eigenvalue weighted by Crippen LogP contribution is -2.43. The number of rotatable bonds is 9. The molecular formula is C22H30N2O3S. The van der Waals surface area contributed by atoms with E-state index in [2.05, 4.69) is 0 Å². The topological polar surface area (TPSA) is 57.7 Å². The Morgan fingerprint density at radius 3 is 2.00 bits per heavy atom. The number of hydrogen-bond acceptors (Lipinski definition) is 3. The van der Waals surface area contributed by atoms with E-state index >= 15 is 0 Å². The molecule has 0 aromatic heterocycles. The number of hydrogen-bond donors (Lipinski definition) is 0. The predicted octanol–water partition coefficient (Wildman–Crippen LogP) is 4.15. The molecule has 0 saturated heterocycles. The fraction of sp³-hybridized carbons (Fsp3) is 0.409. The number of amides is 1. The van der Waals surface area contributed by atoms with Gasteiger partial charge in [-0.1, -0.05) is 49.7 Å². The van der Waals surface area contributed by atoms with Gasteiger partial charge in [0.05, 0.1) is 10.6 Å². The Labute approximate surface area is 169 Å². The lowest BCUT2D eigenvalue weighted by molar-refractivity contribution is -0.129. The third-order valence-corrected chi connectivity index (χ3v) is 6.54. The van der Waals surface area contributed by atoms with Crippen LogP contribution >= 0.6 is 0 Å². The summed E-state index contributed by atoms with van der Waals surface area (Å²) in [6, 6.07) is 14.1. The van der Waals surface area contributed by atoms with Crippen molar-refractivity contribution in [2.45, 2.75) is 45.4 Å². The van der Waals surface area contributed by atoms with Gasteiger partial charge in [0.2, 0.25) is 5.91 Å². The van der Waals surface area contributed by atoms with Crippen LogP contribution in [0.3, 0.4) is 0 Å². The molecule has 2 aromatic rings. The van der Waals surface area contributed by atoms with Crippen molar-refractivity contribution in [3.05, 3.63) is 59.7 Å². The van der Waals surface area contributed by atoms with E-state index in [0.717, 1.165) is 18.4 Å². The van der Waals surface area contributed by atoms with Gasteiger partial charge in [-0.05, 0) is 50.5 Å². The Bertz CT molecular complexity index is 886. The van der Waals surface area contributed by atoms with Gasteiger partial charge in [0.25, 0.3) is 10.0 Å². The van der Waals surface area contributed by atoms with Gasteiger partial charge in [-0.25, -0.2) is 8.42 Å². The minimum atomic E-state index is -3.87. The fourth-order valence-electron chi connectivity index (χ4n) is 3.11. The SMILES string of the molecule is CCCN(CCC)C(=O)CN(c1ccc(C)cc1)S(=O)(=O)c1ccccc1C. The number of anilines is 1. The highest BCUT2D eigenvalue weighted by molar-refractivity contribution is 7.93. The standard InChI is InChI=1S/C22H30N2O3S/c1-5-15-23(16-6-2)22(25)17-24(20-13-11-18(3)12-14-20)28(26,27)21-10-8-7-9-19(21)4/h7-14H,5-6,15-17H2,1-4H3. The van der Waals surface area contributed by atoms with Crippen LogP contribution in [0.25, 0.3) is 0 Å². The second-order valence-corrected chi connectivity index (χ2v) is 8.82. The van der Waals surface area contributed by atoms with Gasteiger partial charge in [0, 0.05) is 13.1 Å². The second kappa shape index (κ2) is 9.73. The molecule has 1 amide bonds. The summed E-state index contributed by atoms with van der Waals surface area (Å²) in [4.78, 5) is 14.9. The molecule has 2 aromatic carbocycles. The van der Waals surface area contributed by atoms with Gasteiger partial charge >= 0.3 is 0 Å². The zero-order valence-electron chi connectivity index (χ0n) is 17.2. The van der Waals surface area contributed by atoms with Crippen LogP contribution in [0.4, 0.5) is 5.69 Å². The van der Waals surface area contributed by atoms with E-state index in [-0.39, 0.29) is 17.3 Å². The monoisotopic (exact) mass is 402 g/mol. The molecule has 0 heterocycles. The molecule has 5 nitrogen and oxygen atoms in total. The molecule has 0 N–H and O–H groups in total. The van der Waals surface area contributed by atoms with E-state index in [9.17, 15) is 13.2 Å². The minimum Gasteiger partial charge on any atom is -0.341 e. The average molecular weight is 403 g/mol. The van der Waals surface area contributed by atoms with Crippen LogP contribution in [-0.4, -0.2) is 38.9 Å². The van der Waals surface area contributed by atoms with Crippen LogP contribution in [0.1, 0.15) is 37.8 Å². The zero-order valence-corrected chi connectivity index (χ0v) is 18.0. The summed E-state index contributed by atoms with van der Waals surface area (Å²) in [6.07, 6.45) is 1.67. The summed E-state index contributed by atoms with van der Waals surface area (Å²) in [7, 11) is -3.87. The van der Waals surface area contributed by atoms with Crippen LogP contribution in [0.5, 0.6) is 0 Å². The number of benzene rings is 2. The van der Waals surface area contributed by atoms with Crippen molar-refractivity contribution in [2.24, 2.45) is 0 Å². The minimum absolute atomic E-state index is 0.179. The number of aryl methyl sites for hydroxylation is 2. The highest BCUT2D eigenvalue weighted by Crippen LogP contribution is 2.26. The normalized spacial score (nSPS) is 11.3. The third-order valence-electron chi connectivity index (χ3n) is 4.60. The highest BCUT2D eigenvalue weighted by atomic mass is 32.2. The maximum absolute atomic E-state index is 13.5. The molecule has 0 spiro atoms. The number of carbonyl (C=O) groups excluding carboxylic acids is 1. The van der Waals surface area contributed by atoms with Crippen molar-refractivity contribution in [3.8, 4) is 0 Å². The molecule has 0 aliphatic rings. The maximum atomic E-state index is 13.5. The van der Waals surface area contributed by atoms with Gasteiger partial charge in [-0.15, -0.1) is 0 Å². The number of carbonyl (C=O) groups is 1. The first-order valence-electron chi connectivity index (χ1n) is 9.74. The molecule has 6 heteroatoms. The van der Waals surface area contributed by atoms with Crippen molar-refractivity contribution in [3.63, 3.8) is 0 Å². The molecule has 0 aliphatic carbocycles. The molecular weight excluding hydrogens is 372 g/mol. The van der Waals surface area contributed by atoms with Crippen molar-refractivity contribution in [1.29, 1.82) is 0 Å². The van der Waals surface area contributed by atoms with Crippen molar-refractivity contribution in [2.75, 3.05) is 23.9 Å². The first-order valence-corrected chi connectivity index (χ1v) is 11.2. The van der Waals surface area contributed by atoms with Crippen LogP contribution < -0.4 is 4.31 Å². The molecule has 0 saturated carbocycles. The van der Waals surface area contributed by atoms with E-state index in [4.69, 9.17) is 0 Å². The Morgan fingerprint density at radius 2 is 1.46 bits per heavy atom. The Morgan fingerprint density at radius 1 is 0.893 bits per heavy atom. The van der Waals surface area contributed by atoms with Crippen molar-refractivity contribution < 1.29 is 13.2 Å². The zero-order chi connectivity index (χ0) is 20.7. The van der Waals surface area contributed by atoms with E-state index in [1.165, 1.54) is 4.31 Å². The number of sulfonamides is 1. The summed E-state index contributed by atoms with van der Waals surface area (Å²) in [5.41, 5.74) is 2.18. The van der Waals surface area contributed by atoms with Crippen molar-refractivity contribution >= 4 is 21.6 Å². The van der Waals surface area contributed by atoms with Gasteiger partial charge in [-0.2, -0.15) is 0 Å². The Hall–Kier alpha value is -2.34. The molecule has 152 valence electrons. The molecule has 28 heavy (non-hydrogen) atoms. The van der Waals surface area contributed by atoms with Crippen LogP contribution in [0, 0.1) is 13.8 Å². The van der Waals surface area contributed by atoms with Gasteiger partial charge in [0.15, 0.2) is 0 Å². The Balaban J connectivity index is 2.47. The van der Waals surface area contributed by atoms with Crippen molar-refractivity contribution in [1.82, 2.24) is 4.90 Å². The summed E-state index contributed by atoms with van der Waals surface area (Å²) < 4.78 is 28.2. The van der Waals surface area contributed by atoms with Crippen LogP contribution in [-0.2, 0) is 14.8 Å². The van der Waals surface area contributed by atoms with Gasteiger partial charge < -0.3 is 4.90 Å². The molecule has 0 bridgehead atoms. The smallest absolute Gasteiger partial charge is 0.265 e. The second-order valence-electron chi connectivity index (χ2n) is 6.99. The highest BCUT2D eigenvalue weighted by Gasteiger charge is 2.29. The van der Waals surface area contributed by atoms with E-state index in [0.29, 0.717) is 24.3 Å². The number of nitrogens with zero attached hydrogens (tertiary/aromatic N) is 2. The van der Waals surface area contributed by atoms with E-state index < -0.39 is 10.0 Å². The first-order chi connectivity index (χ1) is 13.3. The lowest BCUT2D eigenvalue weighted by Gasteiger charge is -2.28. The Kier molecular flexibility index (Phi) is 7.63. The summed E-state index contributed by atoms with van der Waals surface area (Å²) >= 11 is 0. The maximum Gasteiger partial charge on any atom is 0.265 e. The predicted molar refractivity (Wildman–Crippen MR) is 114 cm³/mol. The van der Waals surface area contributed by atoms with Gasteiger partial charge in [0.1, 0.15) is 6.54 Å². The molecule has 0 unspecified atom stereocenters. The summed E-state index contributed by atoms with van der Waals surface area (Å²) in [5, 5.41) is 0. The van der Waals surface area contributed by atoms with E-state index in [1.807, 2.05) is 32.9 Å². The fourth-order valence-corrected chi connectivity index (χ4v) is 4.76. The quantitative estimate of drug-likeness (QED) is 0.633. The summed E-state index contributed by atoms with van der Waals surface area (Å²) in [6.45, 7) is 8.77. The average Bonchev–Trinajstić information content (AvgIpc) is 2.66. The molecule has 0 aliphatic heterocycles. The first kappa shape index (κ1) is 22.0. The van der Waals surface area contributed by atoms with Crippen LogP contribution in [0.15, 0.2) is 53.4 Å². The molecule has 0 atom stereocenters. The largest absolute Gasteiger partial charge is 0.341 e. The molecule has 0 fully saturated rings. The third kappa shape index (κ3) is 5.13. The van der Waals surface area contributed by atoms with Crippen LogP contribution in [0.2, 0.25) is 0 Å². The van der Waals surface area contributed by atoms with Gasteiger partial charge in [-0.3, -0.25) is 9.10 Å². The summed E-state index contributed by atoms with van der Waals surface area (Å²) in [5.74, 6) is -0.179. The lowest BCUT2D eigenvalue weighted by atomic mass is 10.2. The molecule has 2 rings (SSSR count). The molecule has 0 radical (unpaired) electrons.